The maximum absolute atomic E-state index is 3.58. The van der Waals surface area contributed by atoms with Crippen LogP contribution in [-0.4, -0.2) is 18.6 Å². The van der Waals surface area contributed by atoms with Gasteiger partial charge in [-0.05, 0) is 50.3 Å². The predicted molar refractivity (Wildman–Crippen MR) is 81.6 cm³/mol. The fraction of sp³-hybridized carbons (Fsp3) is 0.647. The standard InChI is InChI=1S/C17H26N2/c1-2-19(16-5-3-4-6-16)17-11-7-14(8-12-17)13-18-15-9-10-15/h7-8,11-12,15-16,18H,2-6,9-10,13H2,1H3. The number of hydrogen-bond donors (Lipinski definition) is 1. The van der Waals surface area contributed by atoms with Crippen LogP contribution in [0, 0.1) is 0 Å². The first-order valence-corrected chi connectivity index (χ1v) is 7.96. The van der Waals surface area contributed by atoms with Gasteiger partial charge in [-0.3, -0.25) is 0 Å². The van der Waals surface area contributed by atoms with Gasteiger partial charge in [-0.15, -0.1) is 0 Å². The Morgan fingerprint density at radius 1 is 1.05 bits per heavy atom. The molecular formula is C17H26N2. The summed E-state index contributed by atoms with van der Waals surface area (Å²) in [7, 11) is 0. The molecule has 2 aliphatic carbocycles. The van der Waals surface area contributed by atoms with E-state index in [2.05, 4.69) is 41.4 Å². The maximum atomic E-state index is 3.58. The molecule has 1 N–H and O–H groups in total. The summed E-state index contributed by atoms with van der Waals surface area (Å²) < 4.78 is 0. The molecule has 0 aliphatic heterocycles. The molecule has 2 nitrogen and oxygen atoms in total. The number of nitrogens with zero attached hydrogens (tertiary/aromatic N) is 1. The van der Waals surface area contributed by atoms with Crippen LogP contribution in [0.1, 0.15) is 51.0 Å². The van der Waals surface area contributed by atoms with Crippen LogP contribution in [0.2, 0.25) is 0 Å². The van der Waals surface area contributed by atoms with Crippen LogP contribution in [0.3, 0.4) is 0 Å². The van der Waals surface area contributed by atoms with Crippen molar-refractivity contribution in [1.29, 1.82) is 0 Å². The van der Waals surface area contributed by atoms with Gasteiger partial charge < -0.3 is 10.2 Å². The van der Waals surface area contributed by atoms with Gasteiger partial charge in [0.05, 0.1) is 0 Å². The highest BCUT2D eigenvalue weighted by atomic mass is 15.2. The molecule has 0 aromatic heterocycles. The lowest BCUT2D eigenvalue weighted by Gasteiger charge is -2.30. The summed E-state index contributed by atoms with van der Waals surface area (Å²) in [5, 5.41) is 3.58. The lowest BCUT2D eigenvalue weighted by molar-refractivity contribution is 0.619. The van der Waals surface area contributed by atoms with Crippen LogP contribution in [0.15, 0.2) is 24.3 Å². The number of rotatable bonds is 6. The highest BCUT2D eigenvalue weighted by Gasteiger charge is 2.22. The summed E-state index contributed by atoms with van der Waals surface area (Å²) in [5.74, 6) is 0. The Morgan fingerprint density at radius 2 is 1.74 bits per heavy atom. The Hall–Kier alpha value is -1.02. The molecule has 2 heteroatoms. The van der Waals surface area contributed by atoms with Gasteiger partial charge in [-0.2, -0.15) is 0 Å². The topological polar surface area (TPSA) is 15.3 Å². The second kappa shape index (κ2) is 5.96. The Labute approximate surface area is 117 Å². The second-order valence-electron chi connectivity index (χ2n) is 6.05. The van der Waals surface area contributed by atoms with Crippen molar-refractivity contribution in [3.63, 3.8) is 0 Å². The molecule has 1 aromatic carbocycles. The van der Waals surface area contributed by atoms with Crippen LogP contribution in [0.4, 0.5) is 5.69 Å². The van der Waals surface area contributed by atoms with Crippen LogP contribution < -0.4 is 10.2 Å². The second-order valence-corrected chi connectivity index (χ2v) is 6.05. The van der Waals surface area contributed by atoms with Gasteiger partial charge in [0.1, 0.15) is 0 Å². The summed E-state index contributed by atoms with van der Waals surface area (Å²) in [6, 6.07) is 10.8. The normalized spacial score (nSPS) is 19.8. The van der Waals surface area contributed by atoms with E-state index in [0.29, 0.717) is 0 Å². The molecule has 2 aliphatic rings. The van der Waals surface area contributed by atoms with Crippen LogP contribution in [-0.2, 0) is 6.54 Å². The zero-order valence-corrected chi connectivity index (χ0v) is 12.1. The average Bonchev–Trinajstić information content (AvgIpc) is 3.13. The smallest absolute Gasteiger partial charge is 0.0368 e. The van der Waals surface area contributed by atoms with E-state index in [1.165, 1.54) is 49.8 Å². The third-order valence-electron chi connectivity index (χ3n) is 4.55. The van der Waals surface area contributed by atoms with Gasteiger partial charge in [0.15, 0.2) is 0 Å². The van der Waals surface area contributed by atoms with Crippen LogP contribution in [0.25, 0.3) is 0 Å². The van der Waals surface area contributed by atoms with E-state index in [0.717, 1.165) is 25.2 Å². The first-order valence-electron chi connectivity index (χ1n) is 7.96. The Bertz CT molecular complexity index is 388. The maximum Gasteiger partial charge on any atom is 0.0368 e. The van der Waals surface area contributed by atoms with Crippen LogP contribution in [0.5, 0.6) is 0 Å². The van der Waals surface area contributed by atoms with E-state index in [9.17, 15) is 0 Å². The van der Waals surface area contributed by atoms with Crippen molar-refractivity contribution >= 4 is 5.69 Å². The molecule has 0 unspecified atom stereocenters. The molecule has 3 rings (SSSR count). The van der Waals surface area contributed by atoms with Crippen molar-refractivity contribution in [3.8, 4) is 0 Å². The SMILES string of the molecule is CCN(c1ccc(CNC2CC2)cc1)C1CCCC1. The van der Waals surface area contributed by atoms with Crippen molar-refractivity contribution < 1.29 is 0 Å². The van der Waals surface area contributed by atoms with Crippen molar-refractivity contribution in [2.75, 3.05) is 11.4 Å². The van der Waals surface area contributed by atoms with Gasteiger partial charge in [-0.1, -0.05) is 25.0 Å². The van der Waals surface area contributed by atoms with Gasteiger partial charge in [0.2, 0.25) is 0 Å². The highest BCUT2D eigenvalue weighted by Crippen LogP contribution is 2.28. The molecule has 1 aromatic rings. The van der Waals surface area contributed by atoms with Crippen LogP contribution >= 0.6 is 0 Å². The minimum Gasteiger partial charge on any atom is -0.369 e. The lowest BCUT2D eigenvalue weighted by Crippen LogP contribution is -2.32. The van der Waals surface area contributed by atoms with Gasteiger partial charge in [-0.25, -0.2) is 0 Å². The number of hydrogen-bond acceptors (Lipinski definition) is 2. The van der Waals surface area contributed by atoms with Crippen molar-refractivity contribution in [3.05, 3.63) is 29.8 Å². The molecule has 0 amide bonds. The minimum atomic E-state index is 0.778. The summed E-state index contributed by atoms with van der Waals surface area (Å²) in [6.45, 7) is 4.44. The molecular weight excluding hydrogens is 232 g/mol. The molecule has 0 heterocycles. The van der Waals surface area contributed by atoms with E-state index >= 15 is 0 Å². The van der Waals surface area contributed by atoms with E-state index in [4.69, 9.17) is 0 Å². The lowest BCUT2D eigenvalue weighted by atomic mass is 10.1. The number of benzene rings is 1. The Morgan fingerprint density at radius 3 is 2.32 bits per heavy atom. The number of nitrogens with one attached hydrogen (secondary N) is 1. The molecule has 0 radical (unpaired) electrons. The molecule has 2 fully saturated rings. The molecule has 104 valence electrons. The third-order valence-corrected chi connectivity index (χ3v) is 4.55. The van der Waals surface area contributed by atoms with Crippen molar-refractivity contribution in [2.24, 2.45) is 0 Å². The zero-order valence-electron chi connectivity index (χ0n) is 12.1. The quantitative estimate of drug-likeness (QED) is 0.837. The third kappa shape index (κ3) is 3.30. The fourth-order valence-electron chi connectivity index (χ4n) is 3.22. The Kier molecular flexibility index (Phi) is 4.07. The molecule has 2 saturated carbocycles. The predicted octanol–water partition coefficient (Wildman–Crippen LogP) is 3.71. The molecule has 0 atom stereocenters. The van der Waals surface area contributed by atoms with Crippen molar-refractivity contribution in [2.45, 2.75) is 64.1 Å². The van der Waals surface area contributed by atoms with Gasteiger partial charge in [0, 0.05) is 30.9 Å². The Balaban J connectivity index is 1.62. The largest absolute Gasteiger partial charge is 0.369 e. The summed E-state index contributed by atoms with van der Waals surface area (Å²) in [6.07, 6.45) is 8.29. The minimum absolute atomic E-state index is 0.778. The van der Waals surface area contributed by atoms with Gasteiger partial charge >= 0.3 is 0 Å². The van der Waals surface area contributed by atoms with E-state index in [1.54, 1.807) is 0 Å². The van der Waals surface area contributed by atoms with E-state index < -0.39 is 0 Å². The van der Waals surface area contributed by atoms with E-state index in [-0.39, 0.29) is 0 Å². The first kappa shape index (κ1) is 13.0. The highest BCUT2D eigenvalue weighted by molar-refractivity contribution is 5.48. The molecule has 19 heavy (non-hydrogen) atoms. The first-order chi connectivity index (χ1) is 9.36. The summed E-state index contributed by atoms with van der Waals surface area (Å²) in [5.41, 5.74) is 2.82. The van der Waals surface area contributed by atoms with E-state index in [1.807, 2.05) is 0 Å². The fourth-order valence-corrected chi connectivity index (χ4v) is 3.22. The zero-order chi connectivity index (χ0) is 13.1. The molecule has 0 saturated heterocycles. The summed E-state index contributed by atoms with van der Waals surface area (Å²) >= 11 is 0. The number of anilines is 1. The average molecular weight is 258 g/mol. The molecule has 0 spiro atoms. The van der Waals surface area contributed by atoms with Crippen molar-refractivity contribution in [1.82, 2.24) is 5.32 Å². The summed E-state index contributed by atoms with van der Waals surface area (Å²) in [4.78, 5) is 2.59. The molecule has 0 bridgehead atoms. The monoisotopic (exact) mass is 258 g/mol. The van der Waals surface area contributed by atoms with Gasteiger partial charge in [0.25, 0.3) is 0 Å².